The minimum absolute atomic E-state index is 0.113. The minimum Gasteiger partial charge on any atom is -0.382 e. The van der Waals surface area contributed by atoms with Crippen molar-refractivity contribution in [2.45, 2.75) is 29.8 Å². The number of carbonyl (C=O) groups excluding carboxylic acids is 1. The zero-order chi connectivity index (χ0) is 17.9. The fraction of sp³-hybridized carbons (Fsp3) is 0.389. The number of carbonyl (C=O) groups is 1. The summed E-state index contributed by atoms with van der Waals surface area (Å²) < 4.78 is 24.4. The highest BCUT2D eigenvalue weighted by atomic mass is 32.2. The van der Waals surface area contributed by atoms with Gasteiger partial charge in [0, 0.05) is 11.3 Å². The van der Waals surface area contributed by atoms with Crippen LogP contribution in [0.4, 0.5) is 0 Å². The van der Waals surface area contributed by atoms with Gasteiger partial charge in [-0.05, 0) is 42.3 Å². The Morgan fingerprint density at radius 1 is 1.20 bits per heavy atom. The van der Waals surface area contributed by atoms with E-state index in [0.717, 1.165) is 17.7 Å². The molecule has 1 heterocycles. The first-order chi connectivity index (χ1) is 11.9. The normalized spacial score (nSPS) is 17.0. The third-order valence-electron chi connectivity index (χ3n) is 4.46. The van der Waals surface area contributed by atoms with Gasteiger partial charge in [0.15, 0.2) is 9.84 Å². The third kappa shape index (κ3) is 4.29. The Labute approximate surface area is 151 Å². The summed E-state index contributed by atoms with van der Waals surface area (Å²) in [6.45, 7) is 0.113. The number of sulfone groups is 1. The van der Waals surface area contributed by atoms with Crippen LogP contribution in [0.1, 0.15) is 24.1 Å². The molecule has 134 valence electrons. The maximum absolute atomic E-state index is 12.2. The molecule has 1 aliphatic carbocycles. The molecule has 1 fully saturated rings. The van der Waals surface area contributed by atoms with E-state index in [0.29, 0.717) is 0 Å². The first-order valence-corrected chi connectivity index (χ1v) is 10.8. The molecule has 3 rings (SSSR count). The summed E-state index contributed by atoms with van der Waals surface area (Å²) in [6, 6.07) is 11.9. The Kier molecular flexibility index (Phi) is 5.27. The van der Waals surface area contributed by atoms with E-state index in [1.807, 2.05) is 17.5 Å². The molecule has 2 N–H and O–H groups in total. The van der Waals surface area contributed by atoms with Gasteiger partial charge in [0.25, 0.3) is 0 Å². The van der Waals surface area contributed by atoms with Crippen LogP contribution in [-0.2, 0) is 20.2 Å². The van der Waals surface area contributed by atoms with Crippen LogP contribution in [0.2, 0.25) is 0 Å². The number of hydrogen-bond acceptors (Lipinski definition) is 5. The van der Waals surface area contributed by atoms with Crippen molar-refractivity contribution in [2.75, 3.05) is 12.3 Å². The summed E-state index contributed by atoms with van der Waals surface area (Å²) in [5.41, 5.74) is -1.05. The Balaban J connectivity index is 1.56. The standard InChI is InChI=1S/C18H21NO4S2/c20-17(10-12-25(22,23)15-5-2-1-3-6-15)19-13-18(21,14-8-9-14)16-7-4-11-24-16/h1-7,11,14,21H,8-10,12-13H2,(H,19,20). The molecule has 5 nitrogen and oxygen atoms in total. The molecule has 0 spiro atoms. The summed E-state index contributed by atoms with van der Waals surface area (Å²) in [5, 5.41) is 15.6. The van der Waals surface area contributed by atoms with Gasteiger partial charge in [-0.3, -0.25) is 4.79 Å². The van der Waals surface area contributed by atoms with Gasteiger partial charge in [0.1, 0.15) is 5.60 Å². The van der Waals surface area contributed by atoms with Gasteiger partial charge >= 0.3 is 0 Å². The van der Waals surface area contributed by atoms with Crippen molar-refractivity contribution in [1.82, 2.24) is 5.32 Å². The molecule has 1 aliphatic rings. The molecule has 2 aromatic rings. The molecule has 1 unspecified atom stereocenters. The smallest absolute Gasteiger partial charge is 0.221 e. The number of rotatable bonds is 8. The molecule has 0 aliphatic heterocycles. The zero-order valence-corrected chi connectivity index (χ0v) is 15.4. The monoisotopic (exact) mass is 379 g/mol. The first-order valence-electron chi connectivity index (χ1n) is 8.23. The van der Waals surface area contributed by atoms with Crippen molar-refractivity contribution in [3.05, 3.63) is 52.7 Å². The molecule has 1 saturated carbocycles. The van der Waals surface area contributed by atoms with E-state index >= 15 is 0 Å². The van der Waals surface area contributed by atoms with Crippen LogP contribution in [0.25, 0.3) is 0 Å². The van der Waals surface area contributed by atoms with E-state index < -0.39 is 15.4 Å². The minimum atomic E-state index is -3.48. The average molecular weight is 380 g/mol. The number of nitrogens with one attached hydrogen (secondary N) is 1. The molecule has 7 heteroatoms. The van der Waals surface area contributed by atoms with Crippen molar-refractivity contribution in [3.8, 4) is 0 Å². The topological polar surface area (TPSA) is 83.5 Å². The van der Waals surface area contributed by atoms with Crippen molar-refractivity contribution in [3.63, 3.8) is 0 Å². The lowest BCUT2D eigenvalue weighted by Crippen LogP contribution is -2.42. The van der Waals surface area contributed by atoms with Crippen LogP contribution >= 0.6 is 11.3 Å². The molecular weight excluding hydrogens is 358 g/mol. The number of benzene rings is 1. The second-order valence-corrected chi connectivity index (χ2v) is 9.39. The third-order valence-corrected chi connectivity index (χ3v) is 7.22. The van der Waals surface area contributed by atoms with Crippen molar-refractivity contribution < 1.29 is 18.3 Å². The number of aliphatic hydroxyl groups is 1. The van der Waals surface area contributed by atoms with Crippen LogP contribution in [0.15, 0.2) is 52.7 Å². The SMILES string of the molecule is O=C(CCS(=O)(=O)c1ccccc1)NCC(O)(c1cccs1)C1CC1. The van der Waals surface area contributed by atoms with Gasteiger partial charge < -0.3 is 10.4 Å². The number of hydrogen-bond donors (Lipinski definition) is 2. The highest BCUT2D eigenvalue weighted by Crippen LogP contribution is 2.46. The Hall–Kier alpha value is -1.70. The summed E-state index contributed by atoms with van der Waals surface area (Å²) in [4.78, 5) is 13.2. The Bertz CT molecular complexity index is 814. The van der Waals surface area contributed by atoms with Crippen molar-refractivity contribution in [2.24, 2.45) is 5.92 Å². The lowest BCUT2D eigenvalue weighted by Gasteiger charge is -2.27. The average Bonchev–Trinajstić information content (AvgIpc) is 3.33. The van der Waals surface area contributed by atoms with E-state index in [4.69, 9.17) is 0 Å². The van der Waals surface area contributed by atoms with E-state index in [2.05, 4.69) is 5.32 Å². The molecule has 0 saturated heterocycles. The molecule has 1 amide bonds. The summed E-state index contributed by atoms with van der Waals surface area (Å²) in [6.07, 6.45) is 1.75. The first kappa shape index (κ1) is 18.1. The lowest BCUT2D eigenvalue weighted by molar-refractivity contribution is -0.122. The second-order valence-electron chi connectivity index (χ2n) is 6.33. The highest BCUT2D eigenvalue weighted by Gasteiger charge is 2.45. The molecule has 25 heavy (non-hydrogen) atoms. The molecule has 0 bridgehead atoms. The Morgan fingerprint density at radius 3 is 2.52 bits per heavy atom. The second kappa shape index (κ2) is 7.27. The van der Waals surface area contributed by atoms with E-state index in [1.54, 1.807) is 18.2 Å². The van der Waals surface area contributed by atoms with Gasteiger partial charge in [-0.15, -0.1) is 11.3 Å². The van der Waals surface area contributed by atoms with Crippen molar-refractivity contribution in [1.29, 1.82) is 0 Å². The van der Waals surface area contributed by atoms with Gasteiger partial charge in [0.05, 0.1) is 17.2 Å². The highest BCUT2D eigenvalue weighted by molar-refractivity contribution is 7.91. The molecule has 1 atom stereocenters. The van der Waals surface area contributed by atoms with Gasteiger partial charge in [-0.2, -0.15) is 0 Å². The fourth-order valence-corrected chi connectivity index (χ4v) is 4.98. The van der Waals surface area contributed by atoms with E-state index in [1.165, 1.54) is 23.5 Å². The molecule has 0 radical (unpaired) electrons. The van der Waals surface area contributed by atoms with E-state index in [-0.39, 0.29) is 35.4 Å². The maximum atomic E-state index is 12.2. The van der Waals surface area contributed by atoms with Gasteiger partial charge in [-0.25, -0.2) is 8.42 Å². The predicted molar refractivity (Wildman–Crippen MR) is 97.1 cm³/mol. The number of thiophene rings is 1. The van der Waals surface area contributed by atoms with Crippen LogP contribution in [0, 0.1) is 5.92 Å². The van der Waals surface area contributed by atoms with Crippen LogP contribution < -0.4 is 5.32 Å². The maximum Gasteiger partial charge on any atom is 0.221 e. The summed E-state index contributed by atoms with van der Waals surface area (Å²) in [7, 11) is -3.48. The summed E-state index contributed by atoms with van der Waals surface area (Å²) >= 11 is 1.47. The van der Waals surface area contributed by atoms with Crippen LogP contribution in [-0.4, -0.2) is 31.7 Å². The summed E-state index contributed by atoms with van der Waals surface area (Å²) in [5.74, 6) is -0.460. The van der Waals surface area contributed by atoms with Gasteiger partial charge in [-0.1, -0.05) is 24.3 Å². The fourth-order valence-electron chi connectivity index (χ4n) is 2.81. The van der Waals surface area contributed by atoms with E-state index in [9.17, 15) is 18.3 Å². The van der Waals surface area contributed by atoms with Gasteiger partial charge in [0.2, 0.25) is 5.91 Å². The molecule has 1 aromatic heterocycles. The zero-order valence-electron chi connectivity index (χ0n) is 13.7. The lowest BCUT2D eigenvalue weighted by atomic mass is 9.95. The number of amides is 1. The van der Waals surface area contributed by atoms with Crippen LogP contribution in [0.3, 0.4) is 0 Å². The van der Waals surface area contributed by atoms with Crippen molar-refractivity contribution >= 4 is 27.1 Å². The molecule has 1 aromatic carbocycles. The predicted octanol–water partition coefficient (Wildman–Crippen LogP) is 2.33. The largest absolute Gasteiger partial charge is 0.382 e. The Morgan fingerprint density at radius 2 is 1.92 bits per heavy atom. The molecular formula is C18H21NO4S2. The van der Waals surface area contributed by atoms with Crippen LogP contribution in [0.5, 0.6) is 0 Å². The quantitative estimate of drug-likeness (QED) is 0.737.